The minimum Gasteiger partial charge on any atom is -0.481 e. The van der Waals surface area contributed by atoms with Gasteiger partial charge in [0.15, 0.2) is 0 Å². The van der Waals surface area contributed by atoms with Gasteiger partial charge in [0.2, 0.25) is 0 Å². The highest BCUT2D eigenvalue weighted by molar-refractivity contribution is 5.66. The summed E-state index contributed by atoms with van der Waals surface area (Å²) < 4.78 is 6.43. The Morgan fingerprint density at radius 2 is 1.87 bits per heavy atom. The van der Waals surface area contributed by atoms with Gasteiger partial charge in [-0.1, -0.05) is 25.0 Å². The third kappa shape index (κ3) is 4.59. The lowest BCUT2D eigenvalue weighted by atomic mass is 9.83. The fraction of sp³-hybridized carbons (Fsp3) is 0.850. The second-order valence-electron chi connectivity index (χ2n) is 7.94. The minimum atomic E-state index is -0.688. The second kappa shape index (κ2) is 8.32. The zero-order valence-corrected chi connectivity index (χ0v) is 14.3. The Balaban J connectivity index is 1.42. The van der Waals surface area contributed by atoms with Crippen LogP contribution in [0.3, 0.4) is 0 Å². The van der Waals surface area contributed by atoms with Crippen molar-refractivity contribution >= 4 is 5.97 Å². The van der Waals surface area contributed by atoms with Gasteiger partial charge in [0.25, 0.3) is 0 Å². The van der Waals surface area contributed by atoms with Gasteiger partial charge in [0.05, 0.1) is 6.10 Å². The Morgan fingerprint density at radius 3 is 2.65 bits per heavy atom. The number of rotatable bonds is 9. The summed E-state index contributed by atoms with van der Waals surface area (Å²) in [6.45, 7) is 0.993. The van der Waals surface area contributed by atoms with Gasteiger partial charge in [-0.25, -0.2) is 0 Å². The molecule has 0 aromatic rings. The minimum absolute atomic E-state index is 0.283. The van der Waals surface area contributed by atoms with E-state index >= 15 is 0 Å². The lowest BCUT2D eigenvalue weighted by Crippen LogP contribution is -2.31. The number of allylic oxidation sites excluding steroid dienone is 2. The van der Waals surface area contributed by atoms with Gasteiger partial charge in [-0.2, -0.15) is 0 Å². The summed E-state index contributed by atoms with van der Waals surface area (Å²) in [5, 5.41) is 8.66. The molecule has 130 valence electrons. The molecule has 0 amide bonds. The largest absolute Gasteiger partial charge is 0.481 e. The van der Waals surface area contributed by atoms with E-state index < -0.39 is 5.97 Å². The molecule has 3 aliphatic rings. The SMILES string of the molecule is O=C(O)CCCC=CC[C@@H]1[C@@H]2CC[C@@H](C2)[C@H]1OCC1CCCC1. The maximum atomic E-state index is 10.5. The maximum Gasteiger partial charge on any atom is 0.303 e. The number of aliphatic carboxylic acids is 1. The molecule has 0 aromatic carbocycles. The Bertz CT molecular complexity index is 411. The first-order valence-electron chi connectivity index (χ1n) is 9.72. The second-order valence-corrected chi connectivity index (χ2v) is 7.94. The third-order valence-electron chi connectivity index (χ3n) is 6.34. The fourth-order valence-corrected chi connectivity index (χ4v) is 5.11. The van der Waals surface area contributed by atoms with Crippen LogP contribution in [0.5, 0.6) is 0 Å². The molecule has 3 nitrogen and oxygen atoms in total. The van der Waals surface area contributed by atoms with Crippen LogP contribution in [-0.2, 0) is 9.53 Å². The molecule has 2 bridgehead atoms. The Kier molecular flexibility index (Phi) is 6.15. The van der Waals surface area contributed by atoms with Gasteiger partial charge in [-0.05, 0) is 75.0 Å². The highest BCUT2D eigenvalue weighted by Gasteiger charge is 2.47. The van der Waals surface area contributed by atoms with Crippen LogP contribution in [0.2, 0.25) is 0 Å². The Hall–Kier alpha value is -0.830. The number of carbonyl (C=O) groups is 1. The molecule has 3 rings (SSSR count). The molecule has 0 radical (unpaired) electrons. The molecule has 0 spiro atoms. The molecule has 0 aliphatic heterocycles. The molecule has 0 aromatic heterocycles. The van der Waals surface area contributed by atoms with Crippen LogP contribution in [0.25, 0.3) is 0 Å². The number of ether oxygens (including phenoxy) is 1. The van der Waals surface area contributed by atoms with Crippen molar-refractivity contribution in [3.63, 3.8) is 0 Å². The summed E-state index contributed by atoms with van der Waals surface area (Å²) >= 11 is 0. The first-order valence-corrected chi connectivity index (χ1v) is 9.72. The van der Waals surface area contributed by atoms with Crippen molar-refractivity contribution in [3.05, 3.63) is 12.2 Å². The van der Waals surface area contributed by atoms with Crippen molar-refractivity contribution in [1.29, 1.82) is 0 Å². The van der Waals surface area contributed by atoms with Gasteiger partial charge in [-0.15, -0.1) is 0 Å². The standard InChI is InChI=1S/C20H32O3/c21-19(22)10-4-2-1-3-9-18-16-11-12-17(13-16)20(18)23-14-15-7-5-6-8-15/h1,3,15-18,20H,2,4-14H2,(H,21,22)/t16-,17+,18-,20-/m1/s1. The molecule has 23 heavy (non-hydrogen) atoms. The van der Waals surface area contributed by atoms with Crippen LogP contribution in [-0.4, -0.2) is 23.8 Å². The van der Waals surface area contributed by atoms with Crippen LogP contribution < -0.4 is 0 Å². The van der Waals surface area contributed by atoms with Crippen molar-refractivity contribution in [2.24, 2.45) is 23.7 Å². The van der Waals surface area contributed by atoms with Crippen LogP contribution in [0.15, 0.2) is 12.2 Å². The van der Waals surface area contributed by atoms with E-state index in [-0.39, 0.29) is 6.42 Å². The highest BCUT2D eigenvalue weighted by Crippen LogP contribution is 2.51. The van der Waals surface area contributed by atoms with Crippen molar-refractivity contribution < 1.29 is 14.6 Å². The number of carboxylic acids is 1. The summed E-state index contributed by atoms with van der Waals surface area (Å²) in [6.07, 6.45) is 17.7. The van der Waals surface area contributed by atoms with Crippen molar-refractivity contribution in [3.8, 4) is 0 Å². The summed E-state index contributed by atoms with van der Waals surface area (Å²) in [6, 6.07) is 0. The van der Waals surface area contributed by atoms with Crippen LogP contribution in [0.1, 0.15) is 70.6 Å². The number of unbranched alkanes of at least 4 members (excludes halogenated alkanes) is 1. The van der Waals surface area contributed by atoms with E-state index in [2.05, 4.69) is 12.2 Å². The monoisotopic (exact) mass is 320 g/mol. The van der Waals surface area contributed by atoms with E-state index in [0.29, 0.717) is 12.0 Å². The summed E-state index contributed by atoms with van der Waals surface area (Å²) in [5.41, 5.74) is 0. The average Bonchev–Trinajstić information content (AvgIpc) is 3.25. The van der Waals surface area contributed by atoms with Gasteiger partial charge in [-0.3, -0.25) is 4.79 Å². The van der Waals surface area contributed by atoms with Crippen molar-refractivity contribution in [2.45, 2.75) is 76.7 Å². The molecule has 4 atom stereocenters. The fourth-order valence-electron chi connectivity index (χ4n) is 5.11. The van der Waals surface area contributed by atoms with Crippen LogP contribution >= 0.6 is 0 Å². The summed E-state index contributed by atoms with van der Waals surface area (Å²) in [7, 11) is 0. The number of hydrogen-bond acceptors (Lipinski definition) is 2. The van der Waals surface area contributed by atoms with E-state index in [0.717, 1.165) is 43.6 Å². The number of hydrogen-bond donors (Lipinski definition) is 1. The van der Waals surface area contributed by atoms with E-state index in [1.54, 1.807) is 0 Å². The van der Waals surface area contributed by atoms with E-state index in [1.807, 2.05) is 0 Å². The zero-order chi connectivity index (χ0) is 16.1. The zero-order valence-electron chi connectivity index (χ0n) is 14.3. The van der Waals surface area contributed by atoms with Gasteiger partial charge in [0, 0.05) is 13.0 Å². The predicted molar refractivity (Wildman–Crippen MR) is 91.3 cm³/mol. The Morgan fingerprint density at radius 1 is 1.09 bits per heavy atom. The molecule has 3 aliphatic carbocycles. The molecular formula is C20H32O3. The van der Waals surface area contributed by atoms with E-state index in [1.165, 1.54) is 44.9 Å². The molecule has 1 N–H and O–H groups in total. The number of fused-ring (bicyclic) bond motifs is 2. The molecule has 0 heterocycles. The topological polar surface area (TPSA) is 46.5 Å². The quantitative estimate of drug-likeness (QED) is 0.490. The van der Waals surface area contributed by atoms with Crippen LogP contribution in [0, 0.1) is 23.7 Å². The van der Waals surface area contributed by atoms with Crippen molar-refractivity contribution in [2.75, 3.05) is 6.61 Å². The van der Waals surface area contributed by atoms with Gasteiger partial charge < -0.3 is 9.84 Å². The van der Waals surface area contributed by atoms with E-state index in [9.17, 15) is 4.79 Å². The van der Waals surface area contributed by atoms with Crippen LogP contribution in [0.4, 0.5) is 0 Å². The van der Waals surface area contributed by atoms with E-state index in [4.69, 9.17) is 9.84 Å². The Labute approximate surface area is 140 Å². The molecule has 0 unspecified atom stereocenters. The third-order valence-corrected chi connectivity index (χ3v) is 6.34. The first-order chi connectivity index (χ1) is 11.2. The predicted octanol–water partition coefficient (Wildman–Crippen LogP) is 4.81. The number of carboxylic acid groups (broad SMARTS) is 1. The highest BCUT2D eigenvalue weighted by atomic mass is 16.5. The van der Waals surface area contributed by atoms with Gasteiger partial charge in [0.1, 0.15) is 0 Å². The molecular weight excluding hydrogens is 288 g/mol. The lowest BCUT2D eigenvalue weighted by molar-refractivity contribution is -0.137. The smallest absolute Gasteiger partial charge is 0.303 e. The lowest BCUT2D eigenvalue weighted by Gasteiger charge is -2.31. The molecule has 3 heteroatoms. The summed E-state index contributed by atoms with van der Waals surface area (Å²) in [5.74, 6) is 2.53. The average molecular weight is 320 g/mol. The first kappa shape index (κ1) is 17.0. The molecule has 3 fully saturated rings. The summed E-state index contributed by atoms with van der Waals surface area (Å²) in [4.78, 5) is 10.5. The molecule has 0 saturated heterocycles. The van der Waals surface area contributed by atoms with Gasteiger partial charge >= 0.3 is 5.97 Å². The van der Waals surface area contributed by atoms with Crippen molar-refractivity contribution in [1.82, 2.24) is 0 Å². The molecule has 3 saturated carbocycles. The normalized spacial score (nSPS) is 33.9. The maximum absolute atomic E-state index is 10.5.